The van der Waals surface area contributed by atoms with E-state index in [4.69, 9.17) is 0 Å². The summed E-state index contributed by atoms with van der Waals surface area (Å²) in [5.41, 5.74) is 4.22. The van der Waals surface area contributed by atoms with Crippen molar-refractivity contribution < 1.29 is 0 Å². The molecule has 1 heterocycles. The lowest BCUT2D eigenvalue weighted by Gasteiger charge is -1.83. The van der Waals surface area contributed by atoms with Crippen LogP contribution in [0, 0.1) is 0 Å². The third-order valence-electron chi connectivity index (χ3n) is 0.788. The summed E-state index contributed by atoms with van der Waals surface area (Å²) in [6.07, 6.45) is 1.96. The summed E-state index contributed by atoms with van der Waals surface area (Å²) in [6, 6.07) is 0. The van der Waals surface area contributed by atoms with Crippen molar-refractivity contribution in [2.45, 2.75) is 6.92 Å². The molecule has 1 aliphatic rings. The van der Waals surface area contributed by atoms with Gasteiger partial charge >= 0.3 is 0 Å². The highest BCUT2D eigenvalue weighted by Crippen LogP contribution is 1.85. The van der Waals surface area contributed by atoms with Crippen molar-refractivity contribution in [2.75, 3.05) is 0 Å². The molecule has 0 saturated heterocycles. The molecule has 0 radical (unpaired) electrons. The van der Waals surface area contributed by atoms with Gasteiger partial charge in [0, 0.05) is 6.20 Å². The molecule has 2 N–H and O–H groups in total. The Morgan fingerprint density at radius 2 is 2.67 bits per heavy atom. The topological polar surface area (TPSA) is 24.1 Å². The molecular formula is C3H7BN2. The SMILES string of the molecule is CC1=CNNB1. The van der Waals surface area contributed by atoms with Crippen molar-refractivity contribution in [3.63, 3.8) is 0 Å². The highest BCUT2D eigenvalue weighted by molar-refractivity contribution is 6.42. The fraction of sp³-hybridized carbons (Fsp3) is 0.333. The van der Waals surface area contributed by atoms with Crippen molar-refractivity contribution in [1.82, 2.24) is 10.8 Å². The van der Waals surface area contributed by atoms with E-state index in [1.54, 1.807) is 0 Å². The molecule has 2 nitrogen and oxygen atoms in total. The molecule has 1 aliphatic heterocycles. The van der Waals surface area contributed by atoms with Crippen LogP contribution in [0.3, 0.4) is 0 Å². The molecule has 0 aliphatic carbocycles. The maximum atomic E-state index is 2.93. The molecule has 0 fully saturated rings. The number of hydrogen-bond acceptors (Lipinski definition) is 2. The molecule has 32 valence electrons. The van der Waals surface area contributed by atoms with Crippen LogP contribution in [0.1, 0.15) is 6.92 Å². The lowest BCUT2D eigenvalue weighted by Crippen LogP contribution is -2.23. The van der Waals surface area contributed by atoms with Gasteiger partial charge in [-0.2, -0.15) is 0 Å². The lowest BCUT2D eigenvalue weighted by molar-refractivity contribution is 0.875. The lowest BCUT2D eigenvalue weighted by atomic mass is 9.87. The van der Waals surface area contributed by atoms with Crippen molar-refractivity contribution in [3.05, 3.63) is 11.7 Å². The predicted octanol–water partition coefficient (Wildman–Crippen LogP) is -0.693. The molecule has 6 heavy (non-hydrogen) atoms. The third-order valence-corrected chi connectivity index (χ3v) is 0.788. The summed E-state index contributed by atoms with van der Waals surface area (Å²) in [7, 11) is 0.986. The molecule has 0 unspecified atom stereocenters. The standard InChI is InChI=1S/C3H7BN2/c1-3-2-5-6-4-3/h2,4-6H,1H3. The van der Waals surface area contributed by atoms with Crippen LogP contribution in [0.4, 0.5) is 0 Å². The van der Waals surface area contributed by atoms with E-state index in [9.17, 15) is 0 Å². The Kier molecular flexibility index (Phi) is 0.840. The number of hydrogen-bond donors (Lipinski definition) is 2. The molecule has 0 spiro atoms. The fourth-order valence-electron chi connectivity index (χ4n) is 0.416. The van der Waals surface area contributed by atoms with E-state index in [1.807, 2.05) is 6.20 Å². The number of allylic oxidation sites excluding steroid dienone is 1. The van der Waals surface area contributed by atoms with Crippen LogP contribution >= 0.6 is 0 Å². The van der Waals surface area contributed by atoms with Gasteiger partial charge in [0.15, 0.2) is 0 Å². The number of nitrogens with one attached hydrogen (secondary N) is 2. The largest absolute Gasteiger partial charge is 0.340 e. The maximum Gasteiger partial charge on any atom is 0.255 e. The summed E-state index contributed by atoms with van der Waals surface area (Å²) in [5, 5.41) is 2.93. The monoisotopic (exact) mass is 82.1 g/mol. The minimum atomic E-state index is 0.986. The van der Waals surface area contributed by atoms with Crippen LogP contribution in [-0.4, -0.2) is 7.41 Å². The van der Waals surface area contributed by atoms with Crippen LogP contribution in [0.5, 0.6) is 0 Å². The minimum absolute atomic E-state index is 0.986. The van der Waals surface area contributed by atoms with Gasteiger partial charge in [-0.05, 0) is 6.92 Å². The van der Waals surface area contributed by atoms with Crippen LogP contribution in [0.2, 0.25) is 0 Å². The van der Waals surface area contributed by atoms with Crippen molar-refractivity contribution in [1.29, 1.82) is 0 Å². The van der Waals surface area contributed by atoms with Gasteiger partial charge in [-0.3, -0.25) is 5.34 Å². The Labute approximate surface area is 37.9 Å². The molecule has 0 amide bonds. The van der Waals surface area contributed by atoms with Gasteiger partial charge in [0.2, 0.25) is 0 Å². The highest BCUT2D eigenvalue weighted by atomic mass is 15.3. The molecule has 0 aromatic rings. The second-order valence-electron chi connectivity index (χ2n) is 1.49. The summed E-state index contributed by atoms with van der Waals surface area (Å²) in [4.78, 5) is 0. The third kappa shape index (κ3) is 0.544. The van der Waals surface area contributed by atoms with E-state index in [1.165, 1.54) is 5.47 Å². The molecule has 0 atom stereocenters. The van der Waals surface area contributed by atoms with Gasteiger partial charge in [0.05, 0.1) is 0 Å². The molecule has 0 aromatic heterocycles. The van der Waals surface area contributed by atoms with Gasteiger partial charge in [-0.1, -0.05) is 5.47 Å². The molecule has 0 aromatic carbocycles. The van der Waals surface area contributed by atoms with Crippen LogP contribution < -0.4 is 10.8 Å². The molecule has 0 saturated carbocycles. The summed E-state index contributed by atoms with van der Waals surface area (Å²) in [5.74, 6) is 0. The quantitative estimate of drug-likeness (QED) is 0.378. The smallest absolute Gasteiger partial charge is 0.255 e. The van der Waals surface area contributed by atoms with Gasteiger partial charge in [0.25, 0.3) is 7.41 Å². The van der Waals surface area contributed by atoms with E-state index >= 15 is 0 Å². The number of hydrazine groups is 1. The molecule has 0 bridgehead atoms. The van der Waals surface area contributed by atoms with Crippen molar-refractivity contribution in [3.8, 4) is 0 Å². The first-order valence-electron chi connectivity index (χ1n) is 2.03. The Balaban J connectivity index is 2.45. The van der Waals surface area contributed by atoms with E-state index in [2.05, 4.69) is 17.7 Å². The average molecular weight is 81.9 g/mol. The predicted molar refractivity (Wildman–Crippen MR) is 27.2 cm³/mol. The first kappa shape index (κ1) is 3.74. The Morgan fingerprint density at radius 1 is 1.83 bits per heavy atom. The molecular weight excluding hydrogens is 74.9 g/mol. The fourth-order valence-corrected chi connectivity index (χ4v) is 0.416. The average Bonchev–Trinajstić information content (AvgIpc) is 1.86. The van der Waals surface area contributed by atoms with E-state index in [0.717, 1.165) is 7.41 Å². The van der Waals surface area contributed by atoms with Crippen molar-refractivity contribution in [2.24, 2.45) is 0 Å². The zero-order valence-electron chi connectivity index (χ0n) is 3.78. The van der Waals surface area contributed by atoms with Gasteiger partial charge in [-0.25, -0.2) is 0 Å². The second kappa shape index (κ2) is 1.35. The molecule has 1 rings (SSSR count). The summed E-state index contributed by atoms with van der Waals surface area (Å²) in [6.45, 7) is 2.08. The van der Waals surface area contributed by atoms with Gasteiger partial charge < -0.3 is 5.43 Å². The Bertz CT molecular complexity index is 78.9. The van der Waals surface area contributed by atoms with E-state index in [0.29, 0.717) is 0 Å². The summed E-state index contributed by atoms with van der Waals surface area (Å²) >= 11 is 0. The normalized spacial score (nSPS) is 18.5. The zero-order chi connectivity index (χ0) is 4.41. The van der Waals surface area contributed by atoms with Crippen LogP contribution in [-0.2, 0) is 0 Å². The van der Waals surface area contributed by atoms with E-state index < -0.39 is 0 Å². The maximum absolute atomic E-state index is 2.93. The van der Waals surface area contributed by atoms with Crippen LogP contribution in [0.25, 0.3) is 0 Å². The highest BCUT2D eigenvalue weighted by Gasteiger charge is 1.95. The Hall–Kier alpha value is -0.435. The number of rotatable bonds is 0. The van der Waals surface area contributed by atoms with Crippen LogP contribution in [0.15, 0.2) is 11.7 Å². The molecule has 3 heteroatoms. The van der Waals surface area contributed by atoms with Gasteiger partial charge in [-0.15, -0.1) is 0 Å². The van der Waals surface area contributed by atoms with Gasteiger partial charge in [0.1, 0.15) is 0 Å². The van der Waals surface area contributed by atoms with Crippen molar-refractivity contribution >= 4 is 7.41 Å². The first-order valence-corrected chi connectivity index (χ1v) is 2.03. The van der Waals surface area contributed by atoms with E-state index in [-0.39, 0.29) is 0 Å². The summed E-state index contributed by atoms with van der Waals surface area (Å²) < 4.78 is 0. The zero-order valence-corrected chi connectivity index (χ0v) is 3.78. The first-order chi connectivity index (χ1) is 2.89. The Morgan fingerprint density at radius 3 is 2.83 bits per heavy atom. The second-order valence-corrected chi connectivity index (χ2v) is 1.49. The minimum Gasteiger partial charge on any atom is -0.340 e.